The Labute approximate surface area is 169 Å². The zero-order valence-electron chi connectivity index (χ0n) is 16.2. The summed E-state index contributed by atoms with van der Waals surface area (Å²) in [7, 11) is -4.37. The second-order valence-electron chi connectivity index (χ2n) is 7.59. The maximum atomic E-state index is 11.9. The van der Waals surface area contributed by atoms with Gasteiger partial charge in [-0.15, -0.1) is 0 Å². The fourth-order valence-electron chi connectivity index (χ4n) is 4.65. The van der Waals surface area contributed by atoms with E-state index in [-0.39, 0.29) is 16.4 Å². The minimum atomic E-state index is -4.37. The first-order chi connectivity index (χ1) is 13.7. The number of aromatic nitrogens is 1. The molecule has 0 radical (unpaired) electrons. The highest BCUT2D eigenvalue weighted by molar-refractivity contribution is 7.86. The first-order valence-electron chi connectivity index (χ1n) is 9.43. The average molecular weight is 410 g/mol. The summed E-state index contributed by atoms with van der Waals surface area (Å²) in [5, 5.41) is 0. The summed E-state index contributed by atoms with van der Waals surface area (Å²) in [4.78, 5) is 19.6. The molecule has 0 aliphatic heterocycles. The van der Waals surface area contributed by atoms with Gasteiger partial charge < -0.3 is 4.98 Å². The monoisotopic (exact) mass is 410 g/mol. The third-order valence-corrected chi connectivity index (χ3v) is 6.63. The Morgan fingerprint density at radius 2 is 2.00 bits per heavy atom. The van der Waals surface area contributed by atoms with Crippen molar-refractivity contribution in [2.45, 2.75) is 37.1 Å². The molecule has 29 heavy (non-hydrogen) atoms. The summed E-state index contributed by atoms with van der Waals surface area (Å²) in [5.41, 5.74) is 3.55. The van der Waals surface area contributed by atoms with Crippen LogP contribution >= 0.6 is 0 Å². The van der Waals surface area contributed by atoms with Gasteiger partial charge in [0.05, 0.1) is 0 Å². The molecule has 0 spiro atoms. The van der Waals surface area contributed by atoms with E-state index in [1.54, 1.807) is 18.2 Å². The number of nitrogens with one attached hydrogen (secondary N) is 1. The van der Waals surface area contributed by atoms with Crippen LogP contribution < -0.4 is 5.56 Å². The zero-order chi connectivity index (χ0) is 20.8. The van der Waals surface area contributed by atoms with Crippen LogP contribution in [-0.4, -0.2) is 24.2 Å². The van der Waals surface area contributed by atoms with E-state index in [0.29, 0.717) is 18.4 Å². The molecule has 2 bridgehead atoms. The van der Waals surface area contributed by atoms with Gasteiger partial charge >= 0.3 is 0 Å². The number of pyridine rings is 1. The topological polar surface area (TPSA) is 99.6 Å². The Hall–Kier alpha value is -2.77. The molecule has 2 unspecified atom stereocenters. The Kier molecular flexibility index (Phi) is 4.67. The van der Waals surface area contributed by atoms with E-state index in [2.05, 4.69) is 24.1 Å². The van der Waals surface area contributed by atoms with Gasteiger partial charge in [0.15, 0.2) is 0 Å². The van der Waals surface area contributed by atoms with E-state index in [1.807, 2.05) is 13.0 Å². The molecule has 0 fully saturated rings. The minimum Gasteiger partial charge on any atom is -0.326 e. The van der Waals surface area contributed by atoms with E-state index in [0.717, 1.165) is 16.8 Å². The van der Waals surface area contributed by atoms with Gasteiger partial charge in [-0.1, -0.05) is 35.9 Å². The van der Waals surface area contributed by atoms with Crippen LogP contribution in [0.4, 0.5) is 0 Å². The largest absolute Gasteiger partial charge is 0.326 e. The van der Waals surface area contributed by atoms with Crippen molar-refractivity contribution in [3.05, 3.63) is 86.9 Å². The summed E-state index contributed by atoms with van der Waals surface area (Å²) in [6, 6.07) is 9.54. The lowest BCUT2D eigenvalue weighted by atomic mass is 9.63. The van der Waals surface area contributed by atoms with Crippen LogP contribution in [0, 0.1) is 5.92 Å². The van der Waals surface area contributed by atoms with Crippen LogP contribution in [0.2, 0.25) is 0 Å². The number of aromatic amines is 1. The number of aliphatic imine (C=N–C) groups is 1. The summed E-state index contributed by atoms with van der Waals surface area (Å²) in [6.07, 6.45) is 7.12. The van der Waals surface area contributed by atoms with Crippen LogP contribution in [-0.2, 0) is 22.1 Å². The molecule has 2 aliphatic carbocycles. The molecule has 0 saturated heterocycles. The van der Waals surface area contributed by atoms with Crippen molar-refractivity contribution in [3.63, 3.8) is 0 Å². The van der Waals surface area contributed by atoms with Crippen molar-refractivity contribution in [2.75, 3.05) is 0 Å². The van der Waals surface area contributed by atoms with E-state index in [9.17, 15) is 17.8 Å². The standard InChI is InChI=1S/C22H22N2O4S/c1-3-17-16-10-14(2)12-22(17,18-8-9-21(25)24-19(18)11-16)23-13-15-6-4-5-7-20(15)29(26,27)28/h3-10,13,16H,11-12H2,1-2H3,(H,24,25)(H,26,27,28). The molecule has 1 heterocycles. The second kappa shape index (κ2) is 6.93. The number of allylic oxidation sites excluding steroid dienone is 2. The Balaban J connectivity index is 1.94. The Bertz CT molecular complexity index is 1240. The number of nitrogens with zero attached hydrogens (tertiary/aromatic N) is 1. The normalized spacial score (nSPS) is 25.1. The lowest BCUT2D eigenvalue weighted by molar-refractivity contribution is 0.413. The van der Waals surface area contributed by atoms with Gasteiger partial charge in [-0.2, -0.15) is 8.42 Å². The third-order valence-electron chi connectivity index (χ3n) is 5.70. The van der Waals surface area contributed by atoms with E-state index < -0.39 is 15.7 Å². The number of hydrogen-bond donors (Lipinski definition) is 2. The number of benzene rings is 1. The molecule has 0 saturated carbocycles. The van der Waals surface area contributed by atoms with Crippen molar-refractivity contribution in [3.8, 4) is 0 Å². The number of hydrogen-bond acceptors (Lipinski definition) is 4. The highest BCUT2D eigenvalue weighted by atomic mass is 32.2. The van der Waals surface area contributed by atoms with Gasteiger partial charge in [-0.3, -0.25) is 14.3 Å². The number of fused-ring (bicyclic) bond motifs is 4. The second-order valence-corrected chi connectivity index (χ2v) is 8.98. The van der Waals surface area contributed by atoms with E-state index >= 15 is 0 Å². The molecule has 150 valence electrons. The summed E-state index contributed by atoms with van der Waals surface area (Å²) in [6.45, 7) is 4.04. The molecule has 4 rings (SSSR count). The molecule has 1 aromatic carbocycles. The first-order valence-corrected chi connectivity index (χ1v) is 10.9. The molecule has 0 amide bonds. The Morgan fingerprint density at radius 1 is 1.24 bits per heavy atom. The fourth-order valence-corrected chi connectivity index (χ4v) is 5.32. The van der Waals surface area contributed by atoms with Gasteiger partial charge in [0.2, 0.25) is 5.56 Å². The molecular weight excluding hydrogens is 388 g/mol. The number of rotatable bonds is 3. The van der Waals surface area contributed by atoms with Crippen molar-refractivity contribution in [1.82, 2.24) is 4.98 Å². The van der Waals surface area contributed by atoms with Gasteiger partial charge in [-0.25, -0.2) is 0 Å². The molecule has 2 aromatic rings. The number of H-pyrrole nitrogens is 1. The maximum Gasteiger partial charge on any atom is 0.295 e. The zero-order valence-corrected chi connectivity index (χ0v) is 17.0. The molecular formula is C22H22N2O4S. The highest BCUT2D eigenvalue weighted by Gasteiger charge is 2.46. The minimum absolute atomic E-state index is 0.119. The molecule has 2 N–H and O–H groups in total. The van der Waals surface area contributed by atoms with E-state index in [1.165, 1.54) is 23.9 Å². The van der Waals surface area contributed by atoms with Crippen LogP contribution in [0.5, 0.6) is 0 Å². The summed E-state index contributed by atoms with van der Waals surface area (Å²) < 4.78 is 33.1. The molecule has 1 aromatic heterocycles. The molecule has 6 nitrogen and oxygen atoms in total. The van der Waals surface area contributed by atoms with Crippen molar-refractivity contribution in [2.24, 2.45) is 10.9 Å². The quantitative estimate of drug-likeness (QED) is 0.460. The molecule has 2 atom stereocenters. The van der Waals surface area contributed by atoms with Crippen LogP contribution in [0.25, 0.3) is 0 Å². The maximum absolute atomic E-state index is 11.9. The van der Waals surface area contributed by atoms with Crippen molar-refractivity contribution >= 4 is 16.3 Å². The predicted molar refractivity (Wildman–Crippen MR) is 112 cm³/mol. The van der Waals surface area contributed by atoms with Crippen LogP contribution in [0.3, 0.4) is 0 Å². The fraction of sp³-hybridized carbons (Fsp3) is 0.273. The van der Waals surface area contributed by atoms with E-state index in [4.69, 9.17) is 4.99 Å². The van der Waals surface area contributed by atoms with Gasteiger partial charge in [-0.05, 0) is 38.0 Å². The summed E-state index contributed by atoms with van der Waals surface area (Å²) >= 11 is 0. The summed E-state index contributed by atoms with van der Waals surface area (Å²) in [5.74, 6) is 0.119. The van der Waals surface area contributed by atoms with Crippen LogP contribution in [0.15, 0.2) is 74.4 Å². The first kappa shape index (κ1) is 19.5. The SMILES string of the molecule is CC=C1C2C=C(C)CC1(N=Cc1ccccc1S(=O)(=O)O)c1ccc(=O)[nH]c1C2. The molecule has 2 aliphatic rings. The Morgan fingerprint density at radius 3 is 2.72 bits per heavy atom. The average Bonchev–Trinajstić information content (AvgIpc) is 2.65. The third kappa shape index (κ3) is 3.30. The highest BCUT2D eigenvalue weighted by Crippen LogP contribution is 2.51. The van der Waals surface area contributed by atoms with Gasteiger partial charge in [0.1, 0.15) is 10.4 Å². The van der Waals surface area contributed by atoms with Crippen LogP contribution in [0.1, 0.15) is 37.1 Å². The van der Waals surface area contributed by atoms with Gasteiger partial charge in [0.25, 0.3) is 10.1 Å². The smallest absolute Gasteiger partial charge is 0.295 e. The molecule has 7 heteroatoms. The van der Waals surface area contributed by atoms with Crippen molar-refractivity contribution in [1.29, 1.82) is 0 Å². The lowest BCUT2D eigenvalue weighted by Crippen LogP contribution is -2.40. The lowest BCUT2D eigenvalue weighted by Gasteiger charge is -2.45. The van der Waals surface area contributed by atoms with Crippen molar-refractivity contribution < 1.29 is 13.0 Å². The predicted octanol–water partition coefficient (Wildman–Crippen LogP) is 3.40. The van der Waals surface area contributed by atoms with Gasteiger partial charge in [0, 0.05) is 41.4 Å².